The van der Waals surface area contributed by atoms with Crippen molar-refractivity contribution in [2.75, 3.05) is 6.54 Å². The van der Waals surface area contributed by atoms with Gasteiger partial charge in [0.15, 0.2) is 0 Å². The van der Waals surface area contributed by atoms with E-state index in [2.05, 4.69) is 30.4 Å². The Morgan fingerprint density at radius 2 is 2.09 bits per heavy atom. The van der Waals surface area contributed by atoms with Gasteiger partial charge in [-0.05, 0) is 87.1 Å². The Hall–Kier alpha value is -1.02. The molecule has 2 bridgehead atoms. The van der Waals surface area contributed by atoms with E-state index in [0.717, 1.165) is 17.6 Å². The molecule has 2 saturated carbocycles. The molecule has 124 valence electrons. The number of benzene rings is 1. The van der Waals surface area contributed by atoms with Gasteiger partial charge in [0.25, 0.3) is 0 Å². The molecule has 4 aliphatic rings. The normalized spacial score (nSPS) is 36.7. The molecule has 0 aromatic heterocycles. The summed E-state index contributed by atoms with van der Waals surface area (Å²) in [6, 6.07) is 7.76. The van der Waals surface area contributed by atoms with E-state index in [1.165, 1.54) is 57.9 Å². The largest absolute Gasteiger partial charge is 0.490 e. The lowest BCUT2D eigenvalue weighted by Gasteiger charge is -2.56. The zero-order chi connectivity index (χ0) is 15.4. The molecule has 0 spiro atoms. The molecular formula is C21H29NO. The van der Waals surface area contributed by atoms with Crippen LogP contribution in [0.4, 0.5) is 0 Å². The van der Waals surface area contributed by atoms with Gasteiger partial charge < -0.3 is 10.1 Å². The zero-order valence-electron chi connectivity index (χ0n) is 14.3. The number of rotatable bonds is 3. The lowest BCUT2D eigenvalue weighted by atomic mass is 9.53. The van der Waals surface area contributed by atoms with Crippen LogP contribution in [0, 0.1) is 11.8 Å². The standard InChI is InChI=1S/C21H29NO/c1-14(15-5-6-15)23-17-8-7-16-12-20-18-4-2-3-9-21(18,10-11-22-20)19(16)13-17/h7-8,13-15,18,20,22H,2-6,9-12H2,1H3/t14?,18-,20+,21+/m0/s1. The molecule has 1 N–H and O–H groups in total. The molecule has 1 aromatic rings. The molecule has 2 heteroatoms. The minimum absolute atomic E-state index is 0.386. The van der Waals surface area contributed by atoms with Crippen LogP contribution < -0.4 is 10.1 Å². The molecule has 1 heterocycles. The third kappa shape index (κ3) is 2.25. The highest BCUT2D eigenvalue weighted by molar-refractivity contribution is 5.45. The van der Waals surface area contributed by atoms with E-state index >= 15 is 0 Å². The molecule has 23 heavy (non-hydrogen) atoms. The van der Waals surface area contributed by atoms with E-state index in [4.69, 9.17) is 4.74 Å². The number of fused-ring (bicyclic) bond motifs is 1. The third-order valence-electron chi connectivity index (χ3n) is 7.23. The number of nitrogens with one attached hydrogen (secondary N) is 1. The monoisotopic (exact) mass is 311 g/mol. The predicted octanol–water partition coefficient (Wildman–Crippen LogP) is 4.21. The Balaban J connectivity index is 1.52. The smallest absolute Gasteiger partial charge is 0.120 e. The van der Waals surface area contributed by atoms with E-state index in [-0.39, 0.29) is 0 Å². The topological polar surface area (TPSA) is 21.3 Å². The molecule has 3 fully saturated rings. The first-order valence-corrected chi connectivity index (χ1v) is 9.80. The molecule has 0 amide bonds. The van der Waals surface area contributed by atoms with Crippen LogP contribution in [-0.4, -0.2) is 18.7 Å². The summed E-state index contributed by atoms with van der Waals surface area (Å²) in [7, 11) is 0. The van der Waals surface area contributed by atoms with Crippen LogP contribution in [0.1, 0.15) is 63.0 Å². The Kier molecular flexibility index (Phi) is 3.27. The van der Waals surface area contributed by atoms with Gasteiger partial charge in [-0.3, -0.25) is 0 Å². The van der Waals surface area contributed by atoms with Crippen molar-refractivity contribution in [2.45, 2.75) is 75.9 Å². The van der Waals surface area contributed by atoms with Gasteiger partial charge in [0, 0.05) is 11.5 Å². The van der Waals surface area contributed by atoms with Gasteiger partial charge in [0.05, 0.1) is 6.10 Å². The Morgan fingerprint density at radius 3 is 2.96 bits per heavy atom. The Labute approximate surface area is 140 Å². The van der Waals surface area contributed by atoms with Gasteiger partial charge in [-0.25, -0.2) is 0 Å². The molecule has 1 aliphatic heterocycles. The van der Waals surface area contributed by atoms with Crippen LogP contribution in [0.15, 0.2) is 18.2 Å². The summed E-state index contributed by atoms with van der Waals surface area (Å²) < 4.78 is 6.30. The summed E-state index contributed by atoms with van der Waals surface area (Å²) in [5, 5.41) is 3.82. The Morgan fingerprint density at radius 1 is 1.17 bits per heavy atom. The van der Waals surface area contributed by atoms with Gasteiger partial charge >= 0.3 is 0 Å². The minimum Gasteiger partial charge on any atom is -0.490 e. The third-order valence-corrected chi connectivity index (χ3v) is 7.23. The van der Waals surface area contributed by atoms with Crippen molar-refractivity contribution in [1.82, 2.24) is 5.32 Å². The molecule has 1 aromatic carbocycles. The summed E-state index contributed by atoms with van der Waals surface area (Å²) in [5.74, 6) is 2.78. The van der Waals surface area contributed by atoms with Crippen molar-refractivity contribution in [3.8, 4) is 5.75 Å². The first-order chi connectivity index (χ1) is 11.3. The van der Waals surface area contributed by atoms with E-state index in [1.54, 1.807) is 11.1 Å². The van der Waals surface area contributed by atoms with Crippen LogP contribution in [0.3, 0.4) is 0 Å². The fourth-order valence-electron chi connectivity index (χ4n) is 5.85. The lowest BCUT2D eigenvalue weighted by Crippen LogP contribution is -2.59. The quantitative estimate of drug-likeness (QED) is 0.903. The summed E-state index contributed by atoms with van der Waals surface area (Å²) in [6.45, 7) is 3.45. The van der Waals surface area contributed by atoms with Crippen LogP contribution in [-0.2, 0) is 11.8 Å². The molecule has 5 rings (SSSR count). The first kappa shape index (κ1) is 14.3. The van der Waals surface area contributed by atoms with E-state index in [9.17, 15) is 0 Å². The van der Waals surface area contributed by atoms with Crippen molar-refractivity contribution >= 4 is 0 Å². The second-order valence-electron chi connectivity index (χ2n) is 8.50. The van der Waals surface area contributed by atoms with Crippen molar-refractivity contribution in [3.63, 3.8) is 0 Å². The molecule has 1 saturated heterocycles. The molecular weight excluding hydrogens is 282 g/mol. The van der Waals surface area contributed by atoms with Gasteiger partial charge in [-0.2, -0.15) is 0 Å². The van der Waals surface area contributed by atoms with Crippen LogP contribution in [0.25, 0.3) is 0 Å². The molecule has 1 unspecified atom stereocenters. The lowest BCUT2D eigenvalue weighted by molar-refractivity contribution is 0.0792. The maximum Gasteiger partial charge on any atom is 0.120 e. The van der Waals surface area contributed by atoms with E-state index in [0.29, 0.717) is 17.6 Å². The van der Waals surface area contributed by atoms with Gasteiger partial charge in [-0.1, -0.05) is 18.9 Å². The molecule has 3 aliphatic carbocycles. The van der Waals surface area contributed by atoms with Crippen molar-refractivity contribution < 1.29 is 4.74 Å². The SMILES string of the molecule is CC(Oc1ccc2c(c1)[C@@]13CCCC[C@H]1[C@@H](C2)NCC3)C1CC1. The van der Waals surface area contributed by atoms with Gasteiger partial charge in [0.2, 0.25) is 0 Å². The van der Waals surface area contributed by atoms with E-state index < -0.39 is 0 Å². The summed E-state index contributed by atoms with van der Waals surface area (Å²) in [4.78, 5) is 0. The molecule has 2 nitrogen and oxygen atoms in total. The highest BCUT2D eigenvalue weighted by Crippen LogP contribution is 2.54. The minimum atomic E-state index is 0.386. The predicted molar refractivity (Wildman–Crippen MR) is 93.0 cm³/mol. The van der Waals surface area contributed by atoms with Crippen molar-refractivity contribution in [2.24, 2.45) is 11.8 Å². The first-order valence-electron chi connectivity index (χ1n) is 9.80. The second kappa shape index (κ2) is 5.24. The summed E-state index contributed by atoms with van der Waals surface area (Å²) >= 11 is 0. The number of hydrogen-bond donors (Lipinski definition) is 1. The fourth-order valence-corrected chi connectivity index (χ4v) is 5.85. The summed E-state index contributed by atoms with van der Waals surface area (Å²) in [6.07, 6.45) is 11.3. The average molecular weight is 311 g/mol. The highest BCUT2D eigenvalue weighted by Gasteiger charge is 2.51. The maximum atomic E-state index is 6.30. The van der Waals surface area contributed by atoms with Gasteiger partial charge in [-0.15, -0.1) is 0 Å². The number of hydrogen-bond acceptors (Lipinski definition) is 2. The van der Waals surface area contributed by atoms with Crippen LogP contribution >= 0.6 is 0 Å². The molecule has 0 radical (unpaired) electrons. The zero-order valence-corrected chi connectivity index (χ0v) is 14.3. The molecule has 4 atom stereocenters. The second-order valence-corrected chi connectivity index (χ2v) is 8.50. The van der Waals surface area contributed by atoms with Crippen molar-refractivity contribution in [1.29, 1.82) is 0 Å². The maximum absolute atomic E-state index is 6.30. The average Bonchev–Trinajstić information content (AvgIpc) is 3.40. The van der Waals surface area contributed by atoms with Crippen molar-refractivity contribution in [3.05, 3.63) is 29.3 Å². The van der Waals surface area contributed by atoms with E-state index in [1.807, 2.05) is 0 Å². The number of piperidine rings is 1. The van der Waals surface area contributed by atoms with Crippen LogP contribution in [0.5, 0.6) is 5.75 Å². The fraction of sp³-hybridized carbons (Fsp3) is 0.714. The number of ether oxygens (including phenoxy) is 1. The highest BCUT2D eigenvalue weighted by atomic mass is 16.5. The summed E-state index contributed by atoms with van der Waals surface area (Å²) in [5.41, 5.74) is 3.69. The Bertz CT molecular complexity index is 604. The van der Waals surface area contributed by atoms with Gasteiger partial charge in [0.1, 0.15) is 5.75 Å². The van der Waals surface area contributed by atoms with Crippen LogP contribution in [0.2, 0.25) is 0 Å².